The zero-order valence-corrected chi connectivity index (χ0v) is 16.4. The Bertz CT molecular complexity index is 840. The summed E-state index contributed by atoms with van der Waals surface area (Å²) in [5.41, 5.74) is 1.03. The molecule has 1 aliphatic carbocycles. The number of carboxylic acids is 1. The molecule has 3 rings (SSSR count). The third-order valence-electron chi connectivity index (χ3n) is 4.98. The van der Waals surface area contributed by atoms with Gasteiger partial charge in [0.15, 0.2) is 0 Å². The molecule has 0 aliphatic heterocycles. The Hall–Kier alpha value is -2.21. The minimum atomic E-state index is -1.07. The number of hydrogen-bond acceptors (Lipinski definition) is 3. The van der Waals surface area contributed by atoms with Crippen LogP contribution >= 0.6 is 11.3 Å². The predicted octanol–water partition coefficient (Wildman–Crippen LogP) is 5.57. The molecular formula is C21H24FNO3S. The third-order valence-corrected chi connectivity index (χ3v) is 6.14. The van der Waals surface area contributed by atoms with Crippen LogP contribution in [0.4, 0.5) is 10.1 Å². The van der Waals surface area contributed by atoms with E-state index < -0.39 is 5.97 Å². The van der Waals surface area contributed by atoms with Crippen molar-refractivity contribution >= 4 is 28.9 Å². The molecule has 0 bridgehead atoms. The van der Waals surface area contributed by atoms with Crippen molar-refractivity contribution in [2.75, 3.05) is 4.90 Å². The van der Waals surface area contributed by atoms with Crippen LogP contribution in [0.15, 0.2) is 30.3 Å². The zero-order chi connectivity index (χ0) is 19.6. The lowest BCUT2D eigenvalue weighted by Crippen LogP contribution is -2.42. The Labute approximate surface area is 162 Å². The van der Waals surface area contributed by atoms with Gasteiger partial charge in [0.1, 0.15) is 10.7 Å². The van der Waals surface area contributed by atoms with Crippen molar-refractivity contribution in [2.24, 2.45) is 5.92 Å². The van der Waals surface area contributed by atoms with E-state index in [9.17, 15) is 19.1 Å². The fourth-order valence-electron chi connectivity index (χ4n) is 3.70. The number of benzene rings is 1. The van der Waals surface area contributed by atoms with Gasteiger partial charge >= 0.3 is 5.97 Å². The van der Waals surface area contributed by atoms with E-state index in [1.54, 1.807) is 23.1 Å². The molecular weight excluding hydrogens is 365 g/mol. The maximum absolute atomic E-state index is 13.6. The number of rotatable bonds is 5. The van der Waals surface area contributed by atoms with E-state index in [1.165, 1.54) is 12.1 Å². The van der Waals surface area contributed by atoms with Gasteiger partial charge in [-0.3, -0.25) is 4.79 Å². The van der Waals surface area contributed by atoms with Crippen molar-refractivity contribution in [1.29, 1.82) is 0 Å². The Morgan fingerprint density at radius 1 is 1.19 bits per heavy atom. The highest BCUT2D eigenvalue weighted by Gasteiger charge is 2.32. The highest BCUT2D eigenvalue weighted by Crippen LogP contribution is 2.39. The zero-order valence-electron chi connectivity index (χ0n) is 15.6. The van der Waals surface area contributed by atoms with E-state index in [4.69, 9.17) is 0 Å². The van der Waals surface area contributed by atoms with E-state index in [2.05, 4.69) is 0 Å². The largest absolute Gasteiger partial charge is 0.477 e. The van der Waals surface area contributed by atoms with E-state index >= 15 is 0 Å². The molecule has 1 fully saturated rings. The number of amides is 1. The van der Waals surface area contributed by atoms with Crippen molar-refractivity contribution in [3.05, 3.63) is 41.0 Å². The molecule has 0 radical (unpaired) electrons. The Kier molecular flexibility index (Phi) is 5.95. The first kappa shape index (κ1) is 19.5. The highest BCUT2D eigenvalue weighted by molar-refractivity contribution is 7.18. The molecule has 1 aliphatic rings. The minimum Gasteiger partial charge on any atom is -0.477 e. The Morgan fingerprint density at radius 2 is 1.89 bits per heavy atom. The van der Waals surface area contributed by atoms with Crippen molar-refractivity contribution < 1.29 is 19.1 Å². The second kappa shape index (κ2) is 8.21. The van der Waals surface area contributed by atoms with Crippen LogP contribution < -0.4 is 4.90 Å². The molecule has 0 spiro atoms. The topological polar surface area (TPSA) is 57.6 Å². The molecule has 0 saturated heterocycles. The summed E-state index contributed by atoms with van der Waals surface area (Å²) in [5, 5.41) is 9.70. The van der Waals surface area contributed by atoms with Crippen LogP contribution in [0.2, 0.25) is 0 Å². The first-order valence-corrected chi connectivity index (χ1v) is 10.2. The molecule has 6 heteroatoms. The Balaban J connectivity index is 2.03. The number of aromatic carboxylic acids is 1. The third kappa shape index (κ3) is 4.21. The molecule has 1 saturated carbocycles. The van der Waals surface area contributed by atoms with Crippen LogP contribution in [0, 0.1) is 11.7 Å². The van der Waals surface area contributed by atoms with Crippen molar-refractivity contribution in [3.8, 4) is 10.4 Å². The van der Waals surface area contributed by atoms with Crippen LogP contribution in [-0.2, 0) is 4.79 Å². The molecule has 1 aromatic carbocycles. The van der Waals surface area contributed by atoms with Gasteiger partial charge in [-0.1, -0.05) is 31.4 Å². The van der Waals surface area contributed by atoms with Crippen molar-refractivity contribution in [2.45, 2.75) is 52.0 Å². The number of carboxylic acid groups (broad SMARTS) is 1. The van der Waals surface area contributed by atoms with Crippen molar-refractivity contribution in [1.82, 2.24) is 0 Å². The first-order valence-electron chi connectivity index (χ1n) is 9.34. The summed E-state index contributed by atoms with van der Waals surface area (Å²) in [6.45, 7) is 3.79. The average Bonchev–Trinajstić information content (AvgIpc) is 3.07. The Morgan fingerprint density at radius 3 is 2.48 bits per heavy atom. The SMILES string of the molecule is CC(C)N(C(=O)C1CCCCC1)c1cc(-c2cccc(F)c2)sc1C(=O)O. The molecule has 1 amide bonds. The van der Waals surface area contributed by atoms with Gasteiger partial charge in [-0.25, -0.2) is 9.18 Å². The van der Waals surface area contributed by atoms with E-state index in [-0.39, 0.29) is 28.6 Å². The predicted molar refractivity (Wildman–Crippen MR) is 106 cm³/mol. The van der Waals surface area contributed by atoms with E-state index in [0.29, 0.717) is 16.1 Å². The van der Waals surface area contributed by atoms with Gasteiger partial charge in [0.2, 0.25) is 5.91 Å². The second-order valence-electron chi connectivity index (χ2n) is 7.28. The molecule has 2 aromatic rings. The quantitative estimate of drug-likeness (QED) is 0.727. The standard InChI is InChI=1S/C21H24FNO3S/c1-13(2)23(20(24)14-7-4-3-5-8-14)17-12-18(27-19(17)21(25)26)15-9-6-10-16(22)11-15/h6,9-14H,3-5,7-8H2,1-2H3,(H,25,26). The van der Waals surface area contributed by atoms with Gasteiger partial charge < -0.3 is 10.0 Å². The number of carbonyl (C=O) groups is 2. The normalized spacial score (nSPS) is 15.1. The van der Waals surface area contributed by atoms with Crippen LogP contribution in [0.5, 0.6) is 0 Å². The summed E-state index contributed by atoms with van der Waals surface area (Å²) >= 11 is 1.08. The molecule has 4 nitrogen and oxygen atoms in total. The first-order chi connectivity index (χ1) is 12.9. The fraction of sp³-hybridized carbons (Fsp3) is 0.429. The van der Waals surface area contributed by atoms with Crippen molar-refractivity contribution in [3.63, 3.8) is 0 Å². The molecule has 144 valence electrons. The summed E-state index contributed by atoms with van der Waals surface area (Å²) in [5.74, 6) is -1.51. The summed E-state index contributed by atoms with van der Waals surface area (Å²) in [7, 11) is 0. The average molecular weight is 389 g/mol. The van der Waals surface area contributed by atoms with Gasteiger partial charge in [0.25, 0.3) is 0 Å². The minimum absolute atomic E-state index is 0.00390. The highest BCUT2D eigenvalue weighted by atomic mass is 32.1. The summed E-state index contributed by atoms with van der Waals surface area (Å²) in [6, 6.07) is 7.62. The lowest BCUT2D eigenvalue weighted by molar-refractivity contribution is -0.123. The molecule has 27 heavy (non-hydrogen) atoms. The monoisotopic (exact) mass is 389 g/mol. The van der Waals surface area contributed by atoms with Crippen LogP contribution in [0.25, 0.3) is 10.4 Å². The van der Waals surface area contributed by atoms with E-state index in [1.807, 2.05) is 13.8 Å². The smallest absolute Gasteiger partial charge is 0.348 e. The summed E-state index contributed by atoms with van der Waals surface area (Å²) < 4.78 is 13.6. The fourth-order valence-corrected chi connectivity index (χ4v) is 4.68. The lowest BCUT2D eigenvalue weighted by atomic mass is 9.88. The molecule has 0 atom stereocenters. The number of carbonyl (C=O) groups excluding carboxylic acids is 1. The van der Waals surface area contributed by atoms with E-state index in [0.717, 1.165) is 43.4 Å². The molecule has 1 heterocycles. The van der Waals surface area contributed by atoms with Crippen LogP contribution in [0.1, 0.15) is 55.6 Å². The summed E-state index contributed by atoms with van der Waals surface area (Å²) in [6.07, 6.45) is 4.92. The molecule has 0 unspecified atom stereocenters. The number of thiophene rings is 1. The van der Waals surface area contributed by atoms with Gasteiger partial charge in [-0.15, -0.1) is 11.3 Å². The number of hydrogen-bond donors (Lipinski definition) is 1. The molecule has 1 aromatic heterocycles. The number of halogens is 1. The maximum atomic E-state index is 13.6. The van der Waals surface area contributed by atoms with Crippen LogP contribution in [-0.4, -0.2) is 23.0 Å². The van der Waals surface area contributed by atoms with Gasteiger partial charge in [0.05, 0.1) is 5.69 Å². The lowest BCUT2D eigenvalue weighted by Gasteiger charge is -2.32. The number of anilines is 1. The van der Waals surface area contributed by atoms with Gasteiger partial charge in [0, 0.05) is 16.8 Å². The number of nitrogens with zero attached hydrogens (tertiary/aromatic N) is 1. The maximum Gasteiger partial charge on any atom is 0.348 e. The van der Waals surface area contributed by atoms with Gasteiger partial charge in [-0.05, 0) is 50.5 Å². The van der Waals surface area contributed by atoms with Gasteiger partial charge in [-0.2, -0.15) is 0 Å². The van der Waals surface area contributed by atoms with Crippen LogP contribution in [0.3, 0.4) is 0 Å². The second-order valence-corrected chi connectivity index (χ2v) is 8.33. The molecule has 1 N–H and O–H groups in total. The summed E-state index contributed by atoms with van der Waals surface area (Å²) in [4.78, 5) is 27.4.